The number of anilines is 1. The first kappa shape index (κ1) is 13.2. The first-order valence-corrected chi connectivity index (χ1v) is 6.62. The molecule has 2 heterocycles. The fourth-order valence-corrected chi connectivity index (χ4v) is 2.37. The van der Waals surface area contributed by atoms with E-state index in [0.29, 0.717) is 5.95 Å². The van der Waals surface area contributed by atoms with Gasteiger partial charge in [0.25, 0.3) is 0 Å². The van der Waals surface area contributed by atoms with Crippen LogP contribution in [0.3, 0.4) is 0 Å². The Kier molecular flexibility index (Phi) is 3.48. The van der Waals surface area contributed by atoms with Gasteiger partial charge in [0.1, 0.15) is 11.6 Å². The van der Waals surface area contributed by atoms with E-state index >= 15 is 0 Å². The Labute approximate surface area is 119 Å². The van der Waals surface area contributed by atoms with Crippen molar-refractivity contribution in [1.29, 1.82) is 0 Å². The normalized spacial score (nSPS) is 14.8. The summed E-state index contributed by atoms with van der Waals surface area (Å²) in [6.07, 6.45) is 2.13. The van der Waals surface area contributed by atoms with Crippen LogP contribution in [-0.4, -0.2) is 28.0 Å². The standard InChI is InChI=1S/C13H11ClF2N4/c14-12-17-11(8-5-9(15)7-10(16)6-8)18-13(19-12)20-3-1-2-4-20/h5-7H,1-4H2. The quantitative estimate of drug-likeness (QED) is 0.854. The van der Waals surface area contributed by atoms with Crippen molar-refractivity contribution < 1.29 is 8.78 Å². The molecule has 4 nitrogen and oxygen atoms in total. The molecular weight excluding hydrogens is 286 g/mol. The van der Waals surface area contributed by atoms with Crippen LogP contribution in [0.25, 0.3) is 11.4 Å². The van der Waals surface area contributed by atoms with Gasteiger partial charge < -0.3 is 4.90 Å². The van der Waals surface area contributed by atoms with Crippen molar-refractivity contribution in [1.82, 2.24) is 15.0 Å². The van der Waals surface area contributed by atoms with Gasteiger partial charge in [-0.05, 0) is 36.6 Å². The lowest BCUT2D eigenvalue weighted by Gasteiger charge is -2.15. The molecule has 0 amide bonds. The van der Waals surface area contributed by atoms with E-state index in [1.165, 1.54) is 12.1 Å². The maximum atomic E-state index is 13.3. The molecule has 0 spiro atoms. The predicted molar refractivity (Wildman–Crippen MR) is 71.6 cm³/mol. The molecule has 3 rings (SSSR count). The molecule has 1 aromatic carbocycles. The lowest BCUT2D eigenvalue weighted by atomic mass is 10.2. The summed E-state index contributed by atoms with van der Waals surface area (Å²) in [5, 5.41) is 0.0153. The summed E-state index contributed by atoms with van der Waals surface area (Å²) >= 11 is 5.88. The molecule has 1 aliphatic heterocycles. The van der Waals surface area contributed by atoms with Crippen molar-refractivity contribution in [3.05, 3.63) is 35.1 Å². The highest BCUT2D eigenvalue weighted by atomic mass is 35.5. The maximum Gasteiger partial charge on any atom is 0.230 e. The molecule has 0 aliphatic carbocycles. The number of hydrogen-bond acceptors (Lipinski definition) is 4. The zero-order valence-electron chi connectivity index (χ0n) is 10.5. The third-order valence-electron chi connectivity index (χ3n) is 3.11. The van der Waals surface area contributed by atoms with Crippen LogP contribution < -0.4 is 4.90 Å². The minimum Gasteiger partial charge on any atom is -0.341 e. The lowest BCUT2D eigenvalue weighted by molar-refractivity contribution is 0.584. The van der Waals surface area contributed by atoms with Crippen LogP contribution in [0, 0.1) is 11.6 Å². The lowest BCUT2D eigenvalue weighted by Crippen LogP contribution is -2.21. The van der Waals surface area contributed by atoms with Gasteiger partial charge >= 0.3 is 0 Å². The van der Waals surface area contributed by atoms with Gasteiger partial charge in [0.05, 0.1) is 0 Å². The van der Waals surface area contributed by atoms with Crippen LogP contribution in [0.15, 0.2) is 18.2 Å². The van der Waals surface area contributed by atoms with Crippen LogP contribution in [0.4, 0.5) is 14.7 Å². The summed E-state index contributed by atoms with van der Waals surface area (Å²) in [6, 6.07) is 3.14. The molecule has 20 heavy (non-hydrogen) atoms. The number of aromatic nitrogens is 3. The number of rotatable bonds is 2. The number of halogens is 3. The first-order valence-electron chi connectivity index (χ1n) is 6.25. The Morgan fingerprint density at radius 3 is 2.25 bits per heavy atom. The summed E-state index contributed by atoms with van der Waals surface area (Å²) in [5.74, 6) is -0.744. The average molecular weight is 297 g/mol. The van der Waals surface area contributed by atoms with E-state index in [1.807, 2.05) is 4.90 Å². The molecule has 0 N–H and O–H groups in total. The number of nitrogens with zero attached hydrogens (tertiary/aromatic N) is 4. The molecule has 7 heteroatoms. The molecule has 1 saturated heterocycles. The first-order chi connectivity index (χ1) is 9.61. The Balaban J connectivity index is 2.04. The minimum atomic E-state index is -0.681. The Hall–Kier alpha value is -1.82. The third kappa shape index (κ3) is 2.70. The van der Waals surface area contributed by atoms with E-state index in [2.05, 4.69) is 15.0 Å². The van der Waals surface area contributed by atoms with Gasteiger partial charge in [-0.1, -0.05) is 0 Å². The second-order valence-electron chi connectivity index (χ2n) is 4.58. The van der Waals surface area contributed by atoms with E-state index < -0.39 is 11.6 Å². The minimum absolute atomic E-state index is 0.0153. The molecule has 0 radical (unpaired) electrons. The molecule has 1 aromatic heterocycles. The summed E-state index contributed by atoms with van der Waals surface area (Å²) in [4.78, 5) is 14.2. The molecule has 1 fully saturated rings. The van der Waals surface area contributed by atoms with Crippen LogP contribution in [0.2, 0.25) is 5.28 Å². The zero-order valence-corrected chi connectivity index (χ0v) is 11.2. The molecule has 104 valence electrons. The SMILES string of the molecule is Fc1cc(F)cc(-c2nc(Cl)nc(N3CCCC3)n2)c1. The summed E-state index contributed by atoms with van der Waals surface area (Å²) in [5.41, 5.74) is 0.243. The average Bonchev–Trinajstić information content (AvgIpc) is 2.90. The maximum absolute atomic E-state index is 13.3. The fourth-order valence-electron chi connectivity index (χ4n) is 2.21. The zero-order chi connectivity index (χ0) is 14.1. The van der Waals surface area contributed by atoms with Crippen molar-refractivity contribution >= 4 is 17.5 Å². The number of benzene rings is 1. The second kappa shape index (κ2) is 5.28. The van der Waals surface area contributed by atoms with E-state index in [0.717, 1.165) is 32.0 Å². The Bertz CT molecular complexity index is 624. The highest BCUT2D eigenvalue weighted by molar-refractivity contribution is 6.28. The van der Waals surface area contributed by atoms with Gasteiger partial charge in [-0.15, -0.1) is 0 Å². The van der Waals surface area contributed by atoms with Crippen molar-refractivity contribution in [2.75, 3.05) is 18.0 Å². The molecule has 0 atom stereocenters. The van der Waals surface area contributed by atoms with Crippen LogP contribution >= 0.6 is 11.6 Å². The van der Waals surface area contributed by atoms with Gasteiger partial charge in [0, 0.05) is 24.7 Å². The topological polar surface area (TPSA) is 41.9 Å². The smallest absolute Gasteiger partial charge is 0.230 e. The fraction of sp³-hybridized carbons (Fsp3) is 0.308. The molecule has 0 saturated carbocycles. The molecule has 2 aromatic rings. The van der Waals surface area contributed by atoms with Gasteiger partial charge in [0.2, 0.25) is 11.2 Å². The molecule has 0 bridgehead atoms. The predicted octanol–water partition coefficient (Wildman–Crippen LogP) is 3.07. The van der Waals surface area contributed by atoms with Crippen LogP contribution in [0.5, 0.6) is 0 Å². The molecule has 1 aliphatic rings. The van der Waals surface area contributed by atoms with E-state index in [-0.39, 0.29) is 16.7 Å². The van der Waals surface area contributed by atoms with Gasteiger partial charge in [-0.2, -0.15) is 15.0 Å². The highest BCUT2D eigenvalue weighted by Crippen LogP contribution is 2.23. The highest BCUT2D eigenvalue weighted by Gasteiger charge is 2.18. The van der Waals surface area contributed by atoms with Crippen LogP contribution in [0.1, 0.15) is 12.8 Å². The van der Waals surface area contributed by atoms with Crippen molar-refractivity contribution in [3.63, 3.8) is 0 Å². The molecular formula is C13H11ClF2N4. The summed E-state index contributed by atoms with van der Waals surface area (Å²) in [7, 11) is 0. The van der Waals surface area contributed by atoms with Gasteiger partial charge in [-0.25, -0.2) is 8.78 Å². The Morgan fingerprint density at radius 1 is 0.950 bits per heavy atom. The monoisotopic (exact) mass is 296 g/mol. The van der Waals surface area contributed by atoms with Gasteiger partial charge in [0.15, 0.2) is 5.82 Å². The molecule has 0 unspecified atom stereocenters. The number of hydrogen-bond donors (Lipinski definition) is 0. The van der Waals surface area contributed by atoms with E-state index in [9.17, 15) is 8.78 Å². The van der Waals surface area contributed by atoms with Gasteiger partial charge in [-0.3, -0.25) is 0 Å². The van der Waals surface area contributed by atoms with Crippen LogP contribution in [-0.2, 0) is 0 Å². The summed E-state index contributed by atoms with van der Waals surface area (Å²) < 4.78 is 26.5. The Morgan fingerprint density at radius 2 is 1.60 bits per heavy atom. The second-order valence-corrected chi connectivity index (χ2v) is 4.92. The van der Waals surface area contributed by atoms with Crippen molar-refractivity contribution in [2.45, 2.75) is 12.8 Å². The van der Waals surface area contributed by atoms with Crippen molar-refractivity contribution in [2.24, 2.45) is 0 Å². The van der Waals surface area contributed by atoms with E-state index in [1.54, 1.807) is 0 Å². The largest absolute Gasteiger partial charge is 0.341 e. The summed E-state index contributed by atoms with van der Waals surface area (Å²) in [6.45, 7) is 1.69. The van der Waals surface area contributed by atoms with E-state index in [4.69, 9.17) is 11.6 Å². The third-order valence-corrected chi connectivity index (χ3v) is 3.28. The van der Waals surface area contributed by atoms with Crippen molar-refractivity contribution in [3.8, 4) is 11.4 Å².